The first kappa shape index (κ1) is 86.3. The standard InChI is InChI=1S/C20H12F6IS.C18H8F6IS.C18H12F2IS.C18H14FOS.C18H14FS/c21-19(22,23)13-1-7-16(8-2-13)28(18-11-5-15(27)6-12-18)17-9-3-14(4-10-17)20(24,25)26;19-13-5-11(6-14(20)17(13)23)26(10-3-1-9(25)2-4-10)12-7-15(21)18(24)16(22)8-12;19-13-1-7-16(8-2-13)22(17-9-3-14(20)4-10-17)18-11-5-15(21)6-12-18;19-13-9-11-14(12-10-13)21-17-7-3-1-5-15(17)20-16-6-2-4-8-18(16)21;19-13-9-11-14(12-10-13)20-17-7-3-1-5-15(17)16-6-2-4-8-18(16)20/h1-12H;1-8H;1-12H;1-12,15,17H;1-12,15,17H/q5*+1. The zero-order chi connectivity index (χ0) is 82.8. The third-order valence-corrected chi connectivity index (χ3v) is 32.1. The lowest BCUT2D eigenvalue weighted by Gasteiger charge is -2.30. The van der Waals surface area contributed by atoms with E-state index in [9.17, 15) is 70.2 Å². The Labute approximate surface area is 719 Å². The van der Waals surface area contributed by atoms with Gasteiger partial charge in [0, 0.05) is 40.5 Å². The van der Waals surface area contributed by atoms with Gasteiger partial charge in [0.15, 0.2) is 116 Å². The van der Waals surface area contributed by atoms with Gasteiger partial charge in [-0.3, -0.25) is 0 Å². The van der Waals surface area contributed by atoms with E-state index in [0.717, 1.165) is 89.5 Å². The maximum absolute atomic E-state index is 13.7. The number of halogens is 19. The second-order valence-electron chi connectivity index (χ2n) is 25.8. The highest BCUT2D eigenvalue weighted by molar-refractivity contribution is 14.1. The Hall–Kier alpha value is -8.56. The second kappa shape index (κ2) is 38.7. The molecule has 1 nitrogen and oxygen atoms in total. The first-order chi connectivity index (χ1) is 56.1. The number of allylic oxidation sites excluding steroid dienone is 5. The van der Waals surface area contributed by atoms with Crippen molar-refractivity contribution in [2.75, 3.05) is 0 Å². The molecule has 17 rings (SSSR count). The van der Waals surface area contributed by atoms with Crippen LogP contribution in [0.2, 0.25) is 0 Å². The van der Waals surface area contributed by atoms with E-state index in [0.29, 0.717) is 25.9 Å². The van der Waals surface area contributed by atoms with Crippen molar-refractivity contribution in [3.63, 3.8) is 0 Å². The van der Waals surface area contributed by atoms with E-state index in [1.165, 1.54) is 80.9 Å². The molecule has 4 aliphatic rings. The van der Waals surface area contributed by atoms with Crippen LogP contribution in [0, 0.1) is 68.9 Å². The van der Waals surface area contributed by atoms with E-state index in [-0.39, 0.29) is 77.1 Å². The minimum absolute atomic E-state index is 0.00488. The number of alkyl halides is 6. The van der Waals surface area contributed by atoms with Crippen LogP contribution in [-0.4, -0.2) is 16.6 Å². The van der Waals surface area contributed by atoms with Crippen LogP contribution in [0.1, 0.15) is 22.6 Å². The Kier molecular flexibility index (Phi) is 28.5. The van der Waals surface area contributed by atoms with Crippen molar-refractivity contribution in [1.82, 2.24) is 0 Å². The topological polar surface area (TPSA) is 9.23 Å². The van der Waals surface area contributed by atoms with E-state index in [2.05, 4.69) is 130 Å². The molecule has 0 spiro atoms. The summed E-state index contributed by atoms with van der Waals surface area (Å²) in [4.78, 5) is 10.5. The van der Waals surface area contributed by atoms with Crippen molar-refractivity contribution in [2.24, 2.45) is 0 Å². The largest absolute Gasteiger partial charge is 0.475 e. The number of fused-ring (bicyclic) bond motifs is 5. The summed E-state index contributed by atoms with van der Waals surface area (Å²) >= 11 is 6.43. The molecule has 0 saturated carbocycles. The Morgan fingerprint density at radius 1 is 0.291 bits per heavy atom. The number of rotatable bonds is 11. The fourth-order valence-corrected chi connectivity index (χ4v) is 25.3. The molecule has 6 atom stereocenters. The second-order valence-corrected chi connectivity index (χ2v) is 39.9. The molecule has 13 aromatic carbocycles. The van der Waals surface area contributed by atoms with Gasteiger partial charge in [-0.2, -0.15) is 26.3 Å². The molecular formula is C92H60F16I3OS5+5. The van der Waals surface area contributed by atoms with Gasteiger partial charge in [0.05, 0.1) is 71.5 Å². The lowest BCUT2D eigenvalue weighted by Crippen LogP contribution is -2.40. The van der Waals surface area contributed by atoms with Gasteiger partial charge in [-0.1, -0.05) is 60.7 Å². The fourth-order valence-electron chi connectivity index (χ4n) is 12.8. The van der Waals surface area contributed by atoms with Crippen LogP contribution in [-0.2, 0) is 66.8 Å². The van der Waals surface area contributed by atoms with Crippen molar-refractivity contribution in [2.45, 2.75) is 98.5 Å². The van der Waals surface area contributed by atoms with Crippen LogP contribution in [0.15, 0.2) is 403 Å². The van der Waals surface area contributed by atoms with E-state index < -0.39 is 80.2 Å². The molecule has 2 aliphatic heterocycles. The van der Waals surface area contributed by atoms with Crippen molar-refractivity contribution >= 4 is 122 Å². The molecule has 0 bridgehead atoms. The van der Waals surface area contributed by atoms with E-state index >= 15 is 0 Å². The summed E-state index contributed by atoms with van der Waals surface area (Å²) in [5.41, 5.74) is -0.115. The molecule has 0 radical (unpaired) electrons. The minimum atomic E-state index is -4.45. The molecule has 0 aromatic heterocycles. The van der Waals surface area contributed by atoms with Crippen LogP contribution in [0.3, 0.4) is 0 Å². The number of para-hydroxylation sites is 1. The van der Waals surface area contributed by atoms with Crippen LogP contribution >= 0.6 is 67.8 Å². The molecule has 2 aliphatic carbocycles. The van der Waals surface area contributed by atoms with Gasteiger partial charge in [0.2, 0.25) is 4.90 Å². The summed E-state index contributed by atoms with van der Waals surface area (Å²) in [5.74, 6) is -8.46. The van der Waals surface area contributed by atoms with Crippen LogP contribution < -0.4 is 4.74 Å². The third-order valence-electron chi connectivity index (χ3n) is 18.1. The summed E-state index contributed by atoms with van der Waals surface area (Å²) in [5, 5.41) is 0.748. The van der Waals surface area contributed by atoms with Gasteiger partial charge in [-0.05, 0) is 323 Å². The molecule has 117 heavy (non-hydrogen) atoms. The molecule has 2 heterocycles. The Balaban J connectivity index is 0.000000128. The molecule has 0 fully saturated rings. The predicted molar refractivity (Wildman–Crippen MR) is 457 cm³/mol. The van der Waals surface area contributed by atoms with E-state index in [1.807, 2.05) is 108 Å². The monoisotopic (exact) mass is 2030 g/mol. The quantitative estimate of drug-likeness (QED) is 0.0543. The molecule has 0 saturated heterocycles. The first-order valence-electron chi connectivity index (χ1n) is 35.3. The van der Waals surface area contributed by atoms with Gasteiger partial charge < -0.3 is 4.74 Å². The summed E-state index contributed by atoms with van der Waals surface area (Å²) in [7, 11) is -2.72. The predicted octanol–water partition coefficient (Wildman–Crippen LogP) is 27.9. The molecule has 6 unspecified atom stereocenters. The number of hydrogen-bond donors (Lipinski definition) is 0. The highest BCUT2D eigenvalue weighted by atomic mass is 127. The van der Waals surface area contributed by atoms with E-state index in [1.54, 1.807) is 60.7 Å². The fraction of sp³-hybridized carbons (Fsp3) is 0.0652. The van der Waals surface area contributed by atoms with Gasteiger partial charge >= 0.3 is 12.4 Å². The van der Waals surface area contributed by atoms with Gasteiger partial charge in [-0.15, -0.1) is 0 Å². The third kappa shape index (κ3) is 21.2. The summed E-state index contributed by atoms with van der Waals surface area (Å²) in [6.45, 7) is 0. The van der Waals surface area contributed by atoms with Crippen molar-refractivity contribution in [3.05, 3.63) is 425 Å². The molecule has 592 valence electrons. The Morgan fingerprint density at radius 3 is 0.957 bits per heavy atom. The van der Waals surface area contributed by atoms with Crippen molar-refractivity contribution in [1.29, 1.82) is 0 Å². The normalized spacial score (nSPS) is 16.7. The average molecular weight is 2030 g/mol. The molecule has 0 amide bonds. The SMILES string of the molecule is FC(F)(F)c1ccc([S+](c2ccc(I)cc2)c2ccc(C(F)(F)F)cc2)cc1.Fc1cc([S+](c2ccc(I)cc2)c2cc(F)c(F)c(F)c2)cc(F)c1F.Fc1ccc([S+](c2ccc(F)cc2)c2ccc(I)cc2)cc1.Fc1ccc([S+]2c3ccccc3C3C=CC=CC32)cc1.Fc1ccc([S+]2c3ccccc3OC3C=CC=CC32)cc1. The number of ether oxygens (including phenoxy) is 1. The number of hydrogen-bond acceptors (Lipinski definition) is 1. The van der Waals surface area contributed by atoms with E-state index in [4.69, 9.17) is 4.74 Å². The van der Waals surface area contributed by atoms with Crippen LogP contribution in [0.25, 0.3) is 0 Å². The molecular weight excluding hydrogens is 1970 g/mol. The smallest absolute Gasteiger partial charge is 0.416 e. The zero-order valence-corrected chi connectivity index (χ0v) is 70.8. The molecule has 0 N–H and O–H groups in total. The lowest BCUT2D eigenvalue weighted by atomic mass is 9.93. The molecule has 25 heteroatoms. The summed E-state index contributed by atoms with van der Waals surface area (Å²) in [6.07, 6.45) is 8.42. The van der Waals surface area contributed by atoms with Gasteiger partial charge in [0.25, 0.3) is 0 Å². The molecule has 13 aromatic rings. The highest BCUT2D eigenvalue weighted by Gasteiger charge is 2.50. The average Bonchev–Trinajstić information content (AvgIpc) is 1.61. The lowest BCUT2D eigenvalue weighted by molar-refractivity contribution is -0.138. The maximum Gasteiger partial charge on any atom is 0.416 e. The van der Waals surface area contributed by atoms with Crippen LogP contribution in [0.4, 0.5) is 70.2 Å². The van der Waals surface area contributed by atoms with Gasteiger partial charge in [0.1, 0.15) is 23.3 Å². The Bertz CT molecular complexity index is 5460. The Morgan fingerprint density at radius 2 is 0.581 bits per heavy atom. The first-order valence-corrected chi connectivity index (χ1v) is 44.8. The maximum atomic E-state index is 13.7. The van der Waals surface area contributed by atoms with Crippen LogP contribution in [0.5, 0.6) is 5.75 Å². The minimum Gasteiger partial charge on any atom is -0.475 e. The van der Waals surface area contributed by atoms with Crippen molar-refractivity contribution in [3.8, 4) is 5.75 Å². The zero-order valence-electron chi connectivity index (χ0n) is 60.3. The van der Waals surface area contributed by atoms with Crippen molar-refractivity contribution < 1.29 is 75.0 Å². The van der Waals surface area contributed by atoms with Gasteiger partial charge in [-0.25, -0.2) is 43.9 Å². The summed E-state index contributed by atoms with van der Waals surface area (Å²) in [6, 6.07) is 78.5. The highest BCUT2D eigenvalue weighted by Crippen LogP contribution is 2.49. The summed E-state index contributed by atoms with van der Waals surface area (Å²) < 4.78 is 221. The number of benzene rings is 13.